The summed E-state index contributed by atoms with van der Waals surface area (Å²) in [5.74, 6) is 0.0742. The van der Waals surface area contributed by atoms with Crippen molar-refractivity contribution in [3.05, 3.63) is 35.4 Å². The standard InChI is InChI=1S/C17H28N2O3S/c1-14-5-7-17(8-6-14)13-23(20,21)18-11-15(2)19(9-10-22-4)16(3)12-18/h5-8,15-16H,9-13H2,1-4H3. The molecule has 5 nitrogen and oxygen atoms in total. The maximum Gasteiger partial charge on any atom is 0.218 e. The molecule has 1 aliphatic heterocycles. The minimum absolute atomic E-state index is 0.0742. The molecule has 0 bridgehead atoms. The number of ether oxygens (including phenoxy) is 1. The number of aryl methyl sites for hydroxylation is 1. The lowest BCUT2D eigenvalue weighted by Gasteiger charge is -2.43. The second kappa shape index (κ2) is 7.75. The van der Waals surface area contributed by atoms with Crippen LogP contribution >= 0.6 is 0 Å². The fourth-order valence-corrected chi connectivity index (χ4v) is 4.84. The van der Waals surface area contributed by atoms with Gasteiger partial charge in [0.15, 0.2) is 0 Å². The largest absolute Gasteiger partial charge is 0.383 e. The number of rotatable bonds is 6. The smallest absolute Gasteiger partial charge is 0.218 e. The van der Waals surface area contributed by atoms with E-state index in [0.717, 1.165) is 17.7 Å². The van der Waals surface area contributed by atoms with Gasteiger partial charge in [-0.3, -0.25) is 4.90 Å². The van der Waals surface area contributed by atoms with Gasteiger partial charge in [-0.1, -0.05) is 29.8 Å². The Kier molecular flexibility index (Phi) is 6.19. The lowest BCUT2D eigenvalue weighted by molar-refractivity contribution is 0.0495. The number of piperazine rings is 1. The molecule has 0 amide bonds. The molecule has 1 saturated heterocycles. The van der Waals surface area contributed by atoms with E-state index in [1.54, 1.807) is 11.4 Å². The third-order valence-corrected chi connectivity index (χ3v) is 6.27. The molecule has 1 aromatic rings. The van der Waals surface area contributed by atoms with Crippen molar-refractivity contribution in [3.8, 4) is 0 Å². The molecule has 23 heavy (non-hydrogen) atoms. The highest BCUT2D eigenvalue weighted by Crippen LogP contribution is 2.20. The average Bonchev–Trinajstić information content (AvgIpc) is 2.48. The first-order chi connectivity index (χ1) is 10.8. The Hall–Kier alpha value is -0.950. The third kappa shape index (κ3) is 4.76. The molecular formula is C17H28N2O3S. The zero-order chi connectivity index (χ0) is 17.0. The molecule has 0 radical (unpaired) electrons. The minimum atomic E-state index is -3.28. The summed E-state index contributed by atoms with van der Waals surface area (Å²) in [5.41, 5.74) is 1.98. The first-order valence-corrected chi connectivity index (χ1v) is 9.72. The summed E-state index contributed by atoms with van der Waals surface area (Å²) < 4.78 is 32.3. The van der Waals surface area contributed by atoms with E-state index in [-0.39, 0.29) is 17.8 Å². The van der Waals surface area contributed by atoms with Gasteiger partial charge in [0.25, 0.3) is 0 Å². The van der Waals surface area contributed by atoms with Crippen LogP contribution in [0, 0.1) is 6.92 Å². The van der Waals surface area contributed by atoms with Crippen molar-refractivity contribution in [1.29, 1.82) is 0 Å². The van der Waals surface area contributed by atoms with Crippen molar-refractivity contribution >= 4 is 10.0 Å². The molecule has 0 N–H and O–H groups in total. The Morgan fingerprint density at radius 2 is 1.70 bits per heavy atom. The van der Waals surface area contributed by atoms with Crippen LogP contribution in [0.15, 0.2) is 24.3 Å². The van der Waals surface area contributed by atoms with Gasteiger partial charge in [-0.25, -0.2) is 8.42 Å². The second-order valence-corrected chi connectivity index (χ2v) is 8.46. The number of sulfonamides is 1. The van der Waals surface area contributed by atoms with E-state index in [9.17, 15) is 8.42 Å². The van der Waals surface area contributed by atoms with Crippen LogP contribution in [0.25, 0.3) is 0 Å². The van der Waals surface area contributed by atoms with E-state index in [0.29, 0.717) is 19.7 Å². The number of nitrogens with zero attached hydrogens (tertiary/aromatic N) is 2. The Labute approximate surface area is 140 Å². The Bertz CT molecular complexity index is 589. The highest BCUT2D eigenvalue weighted by Gasteiger charge is 2.34. The van der Waals surface area contributed by atoms with Crippen molar-refractivity contribution in [2.45, 2.75) is 38.6 Å². The predicted octanol–water partition coefficient (Wildman–Crippen LogP) is 1.87. The van der Waals surface area contributed by atoms with Crippen LogP contribution in [-0.2, 0) is 20.5 Å². The summed E-state index contributed by atoms with van der Waals surface area (Å²) in [6.07, 6.45) is 0. The van der Waals surface area contributed by atoms with E-state index in [2.05, 4.69) is 18.7 Å². The summed E-state index contributed by atoms with van der Waals surface area (Å²) in [7, 11) is -1.59. The Morgan fingerprint density at radius 1 is 1.13 bits per heavy atom. The van der Waals surface area contributed by atoms with Gasteiger partial charge >= 0.3 is 0 Å². The van der Waals surface area contributed by atoms with Crippen LogP contribution in [0.4, 0.5) is 0 Å². The van der Waals surface area contributed by atoms with E-state index in [1.807, 2.05) is 31.2 Å². The minimum Gasteiger partial charge on any atom is -0.383 e. The SMILES string of the molecule is COCCN1C(C)CN(S(=O)(=O)Cc2ccc(C)cc2)CC1C. The Balaban J connectivity index is 2.05. The van der Waals surface area contributed by atoms with Gasteiger partial charge in [0.05, 0.1) is 12.4 Å². The quantitative estimate of drug-likeness (QED) is 0.793. The molecule has 2 rings (SSSR count). The average molecular weight is 340 g/mol. The van der Waals surface area contributed by atoms with Crippen LogP contribution in [0.1, 0.15) is 25.0 Å². The van der Waals surface area contributed by atoms with Crippen LogP contribution in [0.3, 0.4) is 0 Å². The van der Waals surface area contributed by atoms with Gasteiger partial charge in [0.2, 0.25) is 10.0 Å². The molecule has 1 fully saturated rings. The molecule has 1 aromatic carbocycles. The molecule has 130 valence electrons. The molecule has 0 aromatic heterocycles. The summed E-state index contributed by atoms with van der Waals surface area (Å²) in [6.45, 7) is 8.76. The first kappa shape index (κ1) is 18.4. The summed E-state index contributed by atoms with van der Waals surface area (Å²) in [5, 5.41) is 0. The number of hydrogen-bond donors (Lipinski definition) is 0. The van der Waals surface area contributed by atoms with E-state index < -0.39 is 10.0 Å². The molecule has 0 aliphatic carbocycles. The molecule has 0 spiro atoms. The molecule has 2 atom stereocenters. The van der Waals surface area contributed by atoms with Gasteiger partial charge in [-0.2, -0.15) is 4.31 Å². The van der Waals surface area contributed by atoms with Crippen molar-refractivity contribution in [2.75, 3.05) is 33.4 Å². The highest BCUT2D eigenvalue weighted by atomic mass is 32.2. The zero-order valence-corrected chi connectivity index (χ0v) is 15.3. The first-order valence-electron chi connectivity index (χ1n) is 8.11. The third-order valence-electron chi connectivity index (χ3n) is 4.48. The monoisotopic (exact) mass is 340 g/mol. The van der Waals surface area contributed by atoms with Gasteiger partial charge < -0.3 is 4.74 Å². The lowest BCUT2D eigenvalue weighted by atomic mass is 10.1. The molecule has 2 unspecified atom stereocenters. The normalized spacial score (nSPS) is 24.0. The lowest BCUT2D eigenvalue weighted by Crippen LogP contribution is -2.58. The number of methoxy groups -OCH3 is 1. The number of benzene rings is 1. The summed E-state index contributed by atoms with van der Waals surface area (Å²) >= 11 is 0. The summed E-state index contributed by atoms with van der Waals surface area (Å²) in [4.78, 5) is 2.32. The van der Waals surface area contributed by atoms with Crippen LogP contribution in [0.2, 0.25) is 0 Å². The van der Waals surface area contributed by atoms with Gasteiger partial charge in [-0.15, -0.1) is 0 Å². The topological polar surface area (TPSA) is 49.9 Å². The van der Waals surface area contributed by atoms with Gasteiger partial charge in [0.1, 0.15) is 0 Å². The molecular weight excluding hydrogens is 312 g/mol. The van der Waals surface area contributed by atoms with Crippen molar-refractivity contribution < 1.29 is 13.2 Å². The maximum atomic E-state index is 12.7. The van der Waals surface area contributed by atoms with Crippen molar-refractivity contribution in [1.82, 2.24) is 9.21 Å². The van der Waals surface area contributed by atoms with Gasteiger partial charge in [0, 0.05) is 38.8 Å². The fourth-order valence-electron chi connectivity index (χ4n) is 3.16. The van der Waals surface area contributed by atoms with Crippen LogP contribution < -0.4 is 0 Å². The highest BCUT2D eigenvalue weighted by molar-refractivity contribution is 7.88. The maximum absolute atomic E-state index is 12.7. The predicted molar refractivity (Wildman–Crippen MR) is 92.9 cm³/mol. The molecule has 0 saturated carbocycles. The Morgan fingerprint density at radius 3 is 2.22 bits per heavy atom. The molecule has 6 heteroatoms. The zero-order valence-electron chi connectivity index (χ0n) is 14.5. The van der Waals surface area contributed by atoms with E-state index >= 15 is 0 Å². The number of hydrogen-bond acceptors (Lipinski definition) is 4. The fraction of sp³-hybridized carbons (Fsp3) is 0.647. The summed E-state index contributed by atoms with van der Waals surface area (Å²) in [6, 6.07) is 8.10. The van der Waals surface area contributed by atoms with Crippen molar-refractivity contribution in [2.24, 2.45) is 0 Å². The molecule has 1 heterocycles. The van der Waals surface area contributed by atoms with E-state index in [1.165, 1.54) is 0 Å². The second-order valence-electron chi connectivity index (χ2n) is 6.49. The van der Waals surface area contributed by atoms with Crippen LogP contribution in [0.5, 0.6) is 0 Å². The van der Waals surface area contributed by atoms with E-state index in [4.69, 9.17) is 4.74 Å². The van der Waals surface area contributed by atoms with Crippen LogP contribution in [-0.4, -0.2) is 63.1 Å². The molecule has 1 aliphatic rings. The van der Waals surface area contributed by atoms with Crippen molar-refractivity contribution in [3.63, 3.8) is 0 Å². The van der Waals surface area contributed by atoms with Gasteiger partial charge in [-0.05, 0) is 26.3 Å².